The van der Waals surface area contributed by atoms with E-state index in [0.717, 1.165) is 30.2 Å². The maximum atomic E-state index is 12.9. The molecular weight excluding hydrogens is 312 g/mol. The van der Waals surface area contributed by atoms with Gasteiger partial charge in [-0.15, -0.1) is 0 Å². The van der Waals surface area contributed by atoms with E-state index in [0.29, 0.717) is 5.56 Å². The number of rotatable bonds is 4. The van der Waals surface area contributed by atoms with E-state index in [1.54, 1.807) is 0 Å². The van der Waals surface area contributed by atoms with Crippen LogP contribution in [0, 0.1) is 5.92 Å². The molecule has 132 valence electrons. The predicted octanol–water partition coefficient (Wildman–Crippen LogP) is 3.61. The van der Waals surface area contributed by atoms with Crippen molar-refractivity contribution in [2.75, 3.05) is 6.54 Å². The number of likely N-dealkylation sites (tertiary alicyclic amines) is 1. The highest BCUT2D eigenvalue weighted by molar-refractivity contribution is 6.08. The minimum atomic E-state index is -0.494. The van der Waals surface area contributed by atoms with Gasteiger partial charge in [-0.1, -0.05) is 50.2 Å². The molecule has 1 saturated heterocycles. The van der Waals surface area contributed by atoms with Crippen LogP contribution in [0.3, 0.4) is 0 Å². The minimum Gasteiger partial charge on any atom is -0.340 e. The molecule has 2 aromatic rings. The van der Waals surface area contributed by atoms with E-state index in [1.807, 2.05) is 61.2 Å². The van der Waals surface area contributed by atoms with Gasteiger partial charge in [0.15, 0.2) is 0 Å². The molecule has 0 radical (unpaired) electrons. The third-order valence-corrected chi connectivity index (χ3v) is 5.09. The molecule has 0 bridgehead atoms. The number of nitrogens with one attached hydrogen (secondary N) is 1. The summed E-state index contributed by atoms with van der Waals surface area (Å²) in [5, 5.41) is 4.93. The zero-order valence-electron chi connectivity index (χ0n) is 15.2. The number of carbonyl (C=O) groups excluding carboxylic acids is 2. The highest BCUT2D eigenvalue weighted by Gasteiger charge is 2.33. The topological polar surface area (TPSA) is 49.4 Å². The van der Waals surface area contributed by atoms with Gasteiger partial charge >= 0.3 is 0 Å². The van der Waals surface area contributed by atoms with Gasteiger partial charge in [-0.05, 0) is 42.5 Å². The van der Waals surface area contributed by atoms with Gasteiger partial charge in [-0.25, -0.2) is 0 Å². The van der Waals surface area contributed by atoms with Crippen molar-refractivity contribution in [3.63, 3.8) is 0 Å². The highest BCUT2D eigenvalue weighted by Crippen LogP contribution is 2.21. The van der Waals surface area contributed by atoms with E-state index in [4.69, 9.17) is 0 Å². The lowest BCUT2D eigenvalue weighted by atomic mass is 10.00. The van der Waals surface area contributed by atoms with Crippen molar-refractivity contribution in [2.45, 2.75) is 45.7 Å². The van der Waals surface area contributed by atoms with Crippen molar-refractivity contribution < 1.29 is 9.59 Å². The molecular formula is C21H26N2O2. The van der Waals surface area contributed by atoms with Crippen LogP contribution < -0.4 is 5.32 Å². The number of hydrogen-bond donors (Lipinski definition) is 1. The molecule has 2 unspecified atom stereocenters. The molecule has 4 nitrogen and oxygen atoms in total. The van der Waals surface area contributed by atoms with Gasteiger partial charge in [0.05, 0.1) is 0 Å². The van der Waals surface area contributed by atoms with Crippen LogP contribution in [0.2, 0.25) is 0 Å². The Balaban J connectivity index is 1.84. The molecule has 4 heteroatoms. The maximum Gasteiger partial charge on any atom is 0.252 e. The molecule has 1 fully saturated rings. The number of carbonyl (C=O) groups is 2. The largest absolute Gasteiger partial charge is 0.340 e. The minimum absolute atomic E-state index is 0.0357. The normalized spacial score (nSPS) is 18.6. The number of nitrogens with zero attached hydrogens (tertiary/aromatic N) is 1. The number of hydrogen-bond acceptors (Lipinski definition) is 2. The number of amides is 2. The Morgan fingerprint density at radius 1 is 1.12 bits per heavy atom. The fourth-order valence-electron chi connectivity index (χ4n) is 3.60. The van der Waals surface area contributed by atoms with Gasteiger partial charge in [0.2, 0.25) is 5.91 Å². The molecule has 0 aliphatic carbocycles. The Morgan fingerprint density at radius 2 is 1.84 bits per heavy atom. The summed E-state index contributed by atoms with van der Waals surface area (Å²) in [6.07, 6.45) is 2.07. The van der Waals surface area contributed by atoms with E-state index in [1.165, 1.54) is 0 Å². The first-order chi connectivity index (χ1) is 12.0. The first kappa shape index (κ1) is 17.5. The molecule has 25 heavy (non-hydrogen) atoms. The molecule has 1 N–H and O–H groups in total. The van der Waals surface area contributed by atoms with Crippen molar-refractivity contribution in [1.29, 1.82) is 0 Å². The molecule has 0 saturated carbocycles. The third-order valence-electron chi connectivity index (χ3n) is 5.09. The quantitative estimate of drug-likeness (QED) is 0.926. The van der Waals surface area contributed by atoms with Gasteiger partial charge in [0.25, 0.3) is 5.91 Å². The standard InChI is InChI=1S/C21H26N2O2/c1-14(2)19(21(25)23-13-7-8-15(23)3)22-20(24)18-12-6-10-16-9-4-5-11-17(16)18/h4-6,9-12,14-15,19H,7-8,13H2,1-3H3,(H,22,24). The molecule has 1 heterocycles. The Kier molecular flexibility index (Phi) is 5.07. The summed E-state index contributed by atoms with van der Waals surface area (Å²) in [6.45, 7) is 6.82. The molecule has 1 aliphatic rings. The van der Waals surface area contributed by atoms with E-state index >= 15 is 0 Å². The van der Waals surface area contributed by atoms with E-state index in [2.05, 4.69) is 12.2 Å². The Bertz CT molecular complexity index is 779. The van der Waals surface area contributed by atoms with Gasteiger partial charge in [-0.3, -0.25) is 9.59 Å². The Morgan fingerprint density at radius 3 is 2.52 bits per heavy atom. The third kappa shape index (κ3) is 3.53. The summed E-state index contributed by atoms with van der Waals surface area (Å²) in [5.41, 5.74) is 0.617. The maximum absolute atomic E-state index is 12.9. The van der Waals surface area contributed by atoms with Gasteiger partial charge in [0, 0.05) is 18.2 Å². The Labute approximate surface area is 149 Å². The SMILES string of the molecule is CC(C)C(NC(=O)c1cccc2ccccc12)C(=O)N1CCCC1C. The van der Waals surface area contributed by atoms with E-state index in [-0.39, 0.29) is 23.8 Å². The fourth-order valence-corrected chi connectivity index (χ4v) is 3.60. The van der Waals surface area contributed by atoms with Crippen molar-refractivity contribution >= 4 is 22.6 Å². The lowest BCUT2D eigenvalue weighted by Gasteiger charge is -2.29. The molecule has 3 rings (SSSR count). The average molecular weight is 338 g/mol. The zero-order valence-corrected chi connectivity index (χ0v) is 15.2. The molecule has 2 amide bonds. The van der Waals surface area contributed by atoms with Crippen molar-refractivity contribution in [1.82, 2.24) is 10.2 Å². The first-order valence-corrected chi connectivity index (χ1v) is 9.08. The van der Waals surface area contributed by atoms with Crippen molar-refractivity contribution in [2.24, 2.45) is 5.92 Å². The lowest BCUT2D eigenvalue weighted by Crippen LogP contribution is -2.52. The second kappa shape index (κ2) is 7.26. The summed E-state index contributed by atoms with van der Waals surface area (Å²) >= 11 is 0. The smallest absolute Gasteiger partial charge is 0.252 e. The second-order valence-electron chi connectivity index (χ2n) is 7.24. The van der Waals surface area contributed by atoms with Gasteiger partial charge in [0.1, 0.15) is 6.04 Å². The van der Waals surface area contributed by atoms with Crippen LogP contribution in [0.15, 0.2) is 42.5 Å². The Hall–Kier alpha value is -2.36. The first-order valence-electron chi connectivity index (χ1n) is 9.08. The number of benzene rings is 2. The predicted molar refractivity (Wildman–Crippen MR) is 100 cm³/mol. The molecule has 1 aliphatic heterocycles. The van der Waals surface area contributed by atoms with Crippen LogP contribution in [-0.4, -0.2) is 35.3 Å². The van der Waals surface area contributed by atoms with E-state index < -0.39 is 6.04 Å². The second-order valence-corrected chi connectivity index (χ2v) is 7.24. The average Bonchev–Trinajstić information content (AvgIpc) is 3.04. The summed E-state index contributed by atoms with van der Waals surface area (Å²) in [5.74, 6) is -0.108. The zero-order chi connectivity index (χ0) is 18.0. The van der Waals surface area contributed by atoms with Crippen LogP contribution in [0.1, 0.15) is 44.0 Å². The summed E-state index contributed by atoms with van der Waals surface area (Å²) in [6, 6.07) is 13.3. The van der Waals surface area contributed by atoms with Gasteiger partial charge < -0.3 is 10.2 Å². The van der Waals surface area contributed by atoms with Crippen LogP contribution in [-0.2, 0) is 4.79 Å². The van der Waals surface area contributed by atoms with Crippen LogP contribution in [0.4, 0.5) is 0 Å². The highest BCUT2D eigenvalue weighted by atomic mass is 16.2. The van der Waals surface area contributed by atoms with Crippen LogP contribution in [0.5, 0.6) is 0 Å². The lowest BCUT2D eigenvalue weighted by molar-refractivity contribution is -0.134. The summed E-state index contributed by atoms with van der Waals surface area (Å²) in [4.78, 5) is 27.7. The number of fused-ring (bicyclic) bond motifs is 1. The molecule has 2 aromatic carbocycles. The molecule has 0 aromatic heterocycles. The molecule has 2 atom stereocenters. The summed E-state index contributed by atoms with van der Waals surface area (Å²) in [7, 11) is 0. The fraction of sp³-hybridized carbons (Fsp3) is 0.429. The monoisotopic (exact) mass is 338 g/mol. The summed E-state index contributed by atoms with van der Waals surface area (Å²) < 4.78 is 0. The van der Waals surface area contributed by atoms with Crippen LogP contribution >= 0.6 is 0 Å². The van der Waals surface area contributed by atoms with Crippen molar-refractivity contribution in [3.8, 4) is 0 Å². The van der Waals surface area contributed by atoms with Gasteiger partial charge in [-0.2, -0.15) is 0 Å². The molecule has 0 spiro atoms. The van der Waals surface area contributed by atoms with E-state index in [9.17, 15) is 9.59 Å². The van der Waals surface area contributed by atoms with Crippen LogP contribution in [0.25, 0.3) is 10.8 Å². The van der Waals surface area contributed by atoms with Crippen molar-refractivity contribution in [3.05, 3.63) is 48.0 Å².